The quantitative estimate of drug-likeness (QED) is 0.374. The van der Waals surface area contributed by atoms with E-state index in [0.29, 0.717) is 10.7 Å². The van der Waals surface area contributed by atoms with E-state index in [2.05, 4.69) is 10.0 Å². The maximum absolute atomic E-state index is 8.32. The van der Waals surface area contributed by atoms with Crippen LogP contribution in [0.5, 0.6) is 0 Å². The van der Waals surface area contributed by atoms with Crippen LogP contribution in [0.1, 0.15) is 0 Å². The highest BCUT2D eigenvalue weighted by Gasteiger charge is 2.02. The van der Waals surface area contributed by atoms with Crippen LogP contribution in [0.4, 0.5) is 5.69 Å². The summed E-state index contributed by atoms with van der Waals surface area (Å²) in [6, 6.07) is 11.3. The third-order valence-electron chi connectivity index (χ3n) is 2.00. The summed E-state index contributed by atoms with van der Waals surface area (Å²) in [5.41, 5.74) is 8.78. The van der Waals surface area contributed by atoms with Crippen LogP contribution in [0, 0.1) is 0 Å². The minimum absolute atomic E-state index is 0.466. The SMILES string of the molecule is [N-]=[N+]=Nc1ccc2ccccc2c1Cl. The Morgan fingerprint density at radius 2 is 1.93 bits per heavy atom. The van der Waals surface area contributed by atoms with Crippen molar-refractivity contribution in [2.24, 2.45) is 5.11 Å². The number of hydrogen-bond donors (Lipinski definition) is 0. The molecular weight excluding hydrogens is 198 g/mol. The van der Waals surface area contributed by atoms with Gasteiger partial charge < -0.3 is 0 Å². The fraction of sp³-hybridized carbons (Fsp3) is 0. The van der Waals surface area contributed by atoms with Crippen molar-refractivity contribution in [2.45, 2.75) is 0 Å². The standard InChI is InChI=1S/C10H6ClN3/c11-10-8-4-2-1-3-7(8)5-6-9(10)13-14-12/h1-6H. The van der Waals surface area contributed by atoms with Crippen molar-refractivity contribution in [1.82, 2.24) is 0 Å². The van der Waals surface area contributed by atoms with Crippen LogP contribution in [-0.2, 0) is 0 Å². The minimum atomic E-state index is 0.466. The van der Waals surface area contributed by atoms with Crippen molar-refractivity contribution in [3.63, 3.8) is 0 Å². The predicted octanol–water partition coefficient (Wildman–Crippen LogP) is 4.44. The molecule has 0 spiro atoms. The Bertz CT molecular complexity index is 530. The summed E-state index contributed by atoms with van der Waals surface area (Å²) in [6.07, 6.45) is 0. The molecule has 0 fully saturated rings. The lowest BCUT2D eigenvalue weighted by molar-refractivity contribution is 1.50. The topological polar surface area (TPSA) is 48.8 Å². The lowest BCUT2D eigenvalue weighted by atomic mass is 10.1. The van der Waals surface area contributed by atoms with Gasteiger partial charge in [-0.15, -0.1) is 0 Å². The van der Waals surface area contributed by atoms with Gasteiger partial charge in [0.2, 0.25) is 0 Å². The van der Waals surface area contributed by atoms with Crippen molar-refractivity contribution < 1.29 is 0 Å². The summed E-state index contributed by atoms with van der Waals surface area (Å²) in [5, 5.41) is 5.94. The van der Waals surface area contributed by atoms with Crippen molar-refractivity contribution in [3.05, 3.63) is 51.9 Å². The lowest BCUT2D eigenvalue weighted by Crippen LogP contribution is -1.73. The number of azide groups is 1. The Morgan fingerprint density at radius 1 is 1.14 bits per heavy atom. The first-order valence-electron chi connectivity index (χ1n) is 4.05. The molecular formula is C10H6ClN3. The molecule has 0 bridgehead atoms. The van der Waals surface area contributed by atoms with Gasteiger partial charge >= 0.3 is 0 Å². The van der Waals surface area contributed by atoms with Crippen LogP contribution in [-0.4, -0.2) is 0 Å². The monoisotopic (exact) mass is 203 g/mol. The number of fused-ring (bicyclic) bond motifs is 1. The Morgan fingerprint density at radius 3 is 2.71 bits per heavy atom. The molecule has 14 heavy (non-hydrogen) atoms. The van der Waals surface area contributed by atoms with E-state index in [9.17, 15) is 0 Å². The summed E-state index contributed by atoms with van der Waals surface area (Å²) < 4.78 is 0. The van der Waals surface area contributed by atoms with Gasteiger partial charge in [-0.3, -0.25) is 0 Å². The summed E-state index contributed by atoms with van der Waals surface area (Å²) in [7, 11) is 0. The van der Waals surface area contributed by atoms with E-state index >= 15 is 0 Å². The molecule has 68 valence electrons. The van der Waals surface area contributed by atoms with Gasteiger partial charge in [-0.1, -0.05) is 53.1 Å². The first kappa shape index (κ1) is 8.88. The zero-order chi connectivity index (χ0) is 9.97. The first-order valence-corrected chi connectivity index (χ1v) is 4.43. The van der Waals surface area contributed by atoms with Crippen molar-refractivity contribution in [2.75, 3.05) is 0 Å². The van der Waals surface area contributed by atoms with E-state index < -0.39 is 0 Å². The molecule has 0 unspecified atom stereocenters. The number of rotatable bonds is 1. The highest BCUT2D eigenvalue weighted by molar-refractivity contribution is 6.38. The Kier molecular flexibility index (Phi) is 2.27. The minimum Gasteiger partial charge on any atom is -0.0832 e. The Labute approximate surface area is 85.6 Å². The number of nitrogens with zero attached hydrogens (tertiary/aromatic N) is 3. The Hall–Kier alpha value is -1.70. The maximum atomic E-state index is 8.32. The average molecular weight is 204 g/mol. The van der Waals surface area contributed by atoms with Gasteiger partial charge in [-0.2, -0.15) is 0 Å². The van der Waals surface area contributed by atoms with Crippen molar-refractivity contribution >= 4 is 28.1 Å². The summed E-state index contributed by atoms with van der Waals surface area (Å²) in [5.74, 6) is 0. The summed E-state index contributed by atoms with van der Waals surface area (Å²) in [6.45, 7) is 0. The molecule has 0 aliphatic heterocycles. The molecule has 0 amide bonds. The molecule has 0 heterocycles. The highest BCUT2D eigenvalue weighted by Crippen LogP contribution is 2.32. The molecule has 0 N–H and O–H groups in total. The van der Waals surface area contributed by atoms with Gasteiger partial charge in [0.15, 0.2) is 0 Å². The zero-order valence-corrected chi connectivity index (χ0v) is 7.94. The largest absolute Gasteiger partial charge is 0.0832 e. The van der Waals surface area contributed by atoms with Gasteiger partial charge in [0.1, 0.15) is 0 Å². The van der Waals surface area contributed by atoms with Crippen molar-refractivity contribution in [3.8, 4) is 0 Å². The van der Waals surface area contributed by atoms with Gasteiger partial charge in [-0.25, -0.2) is 0 Å². The smallest absolute Gasteiger partial charge is 0.0579 e. The third kappa shape index (κ3) is 1.39. The summed E-state index contributed by atoms with van der Waals surface area (Å²) in [4.78, 5) is 2.71. The van der Waals surface area contributed by atoms with E-state index in [0.717, 1.165) is 10.8 Å². The van der Waals surface area contributed by atoms with Gasteiger partial charge in [0.25, 0.3) is 0 Å². The highest BCUT2D eigenvalue weighted by atomic mass is 35.5. The second-order valence-electron chi connectivity index (χ2n) is 2.81. The molecule has 0 aliphatic carbocycles. The van der Waals surface area contributed by atoms with Crippen molar-refractivity contribution in [1.29, 1.82) is 0 Å². The normalized spacial score (nSPS) is 9.79. The second-order valence-corrected chi connectivity index (χ2v) is 3.19. The van der Waals surface area contributed by atoms with Crippen LogP contribution in [0.25, 0.3) is 21.2 Å². The molecule has 4 heteroatoms. The van der Waals surface area contributed by atoms with Crippen LogP contribution in [0.2, 0.25) is 5.02 Å². The fourth-order valence-corrected chi connectivity index (χ4v) is 1.62. The Balaban J connectivity index is 2.81. The van der Waals surface area contributed by atoms with Crippen LogP contribution < -0.4 is 0 Å². The molecule has 0 saturated heterocycles. The van der Waals surface area contributed by atoms with Gasteiger partial charge in [0, 0.05) is 10.3 Å². The van der Waals surface area contributed by atoms with Crippen LogP contribution >= 0.6 is 11.6 Å². The molecule has 0 aromatic heterocycles. The number of benzene rings is 2. The molecule has 2 aromatic rings. The molecule has 0 atom stereocenters. The van der Waals surface area contributed by atoms with E-state index in [1.54, 1.807) is 6.07 Å². The zero-order valence-electron chi connectivity index (χ0n) is 7.18. The first-order chi connectivity index (χ1) is 6.83. The summed E-state index contributed by atoms with van der Waals surface area (Å²) >= 11 is 6.06. The molecule has 2 aromatic carbocycles. The van der Waals surface area contributed by atoms with Gasteiger partial charge in [-0.05, 0) is 10.9 Å². The lowest BCUT2D eigenvalue weighted by Gasteiger charge is -2.01. The average Bonchev–Trinajstić information content (AvgIpc) is 2.23. The molecule has 0 saturated carbocycles. The molecule has 0 aliphatic rings. The van der Waals surface area contributed by atoms with E-state index in [1.165, 1.54) is 0 Å². The molecule has 2 rings (SSSR count). The number of hydrogen-bond acceptors (Lipinski definition) is 1. The van der Waals surface area contributed by atoms with Gasteiger partial charge in [0.05, 0.1) is 10.7 Å². The van der Waals surface area contributed by atoms with E-state index in [-0.39, 0.29) is 0 Å². The van der Waals surface area contributed by atoms with E-state index in [4.69, 9.17) is 17.1 Å². The second kappa shape index (κ2) is 3.58. The van der Waals surface area contributed by atoms with E-state index in [1.807, 2.05) is 30.3 Å². The predicted molar refractivity (Wildman–Crippen MR) is 57.8 cm³/mol. The van der Waals surface area contributed by atoms with Crippen LogP contribution in [0.3, 0.4) is 0 Å². The maximum Gasteiger partial charge on any atom is 0.0579 e. The fourth-order valence-electron chi connectivity index (χ4n) is 1.35. The third-order valence-corrected chi connectivity index (χ3v) is 2.39. The molecule has 0 radical (unpaired) electrons. The van der Waals surface area contributed by atoms with Crippen LogP contribution in [0.15, 0.2) is 41.5 Å². The number of halogens is 1. The molecule has 3 nitrogen and oxygen atoms in total.